The van der Waals surface area contributed by atoms with Crippen LogP contribution >= 0.6 is 0 Å². The lowest BCUT2D eigenvalue weighted by molar-refractivity contribution is 0.544. The summed E-state index contributed by atoms with van der Waals surface area (Å²) in [5.41, 5.74) is 8.08. The molecule has 1 rings (SSSR count). The molecular weight excluding hydrogens is 254 g/mol. The molecule has 0 aromatic heterocycles. The molecule has 1 nitrogen and oxygen atoms in total. The molecule has 0 fully saturated rings. The lowest BCUT2D eigenvalue weighted by atomic mass is 10.0. The van der Waals surface area contributed by atoms with Crippen molar-refractivity contribution in [3.05, 3.63) is 29.8 Å². The maximum Gasteiger partial charge on any atom is 0.0316 e. The van der Waals surface area contributed by atoms with E-state index in [1.807, 2.05) is 6.07 Å². The van der Waals surface area contributed by atoms with Crippen molar-refractivity contribution < 1.29 is 0 Å². The average molecular weight is 290 g/mol. The van der Waals surface area contributed by atoms with E-state index in [2.05, 4.69) is 25.1 Å². The van der Waals surface area contributed by atoms with Crippen molar-refractivity contribution in [1.82, 2.24) is 0 Å². The molecule has 0 aliphatic rings. The third-order valence-corrected chi connectivity index (χ3v) is 4.27. The highest BCUT2D eigenvalue weighted by Crippen LogP contribution is 2.14. The Kier molecular flexibility index (Phi) is 11.0. The van der Waals surface area contributed by atoms with E-state index in [1.165, 1.54) is 89.0 Å². The van der Waals surface area contributed by atoms with Gasteiger partial charge in [0.05, 0.1) is 0 Å². The number of nitrogens with two attached hydrogens (primary N) is 1. The third kappa shape index (κ3) is 10.4. The predicted octanol–water partition coefficient (Wildman–Crippen LogP) is 6.51. The Balaban J connectivity index is 1.82. The minimum absolute atomic E-state index is 0.895. The van der Waals surface area contributed by atoms with E-state index < -0.39 is 0 Å². The van der Waals surface area contributed by atoms with Crippen LogP contribution in [-0.2, 0) is 6.42 Å². The van der Waals surface area contributed by atoms with Crippen LogP contribution in [0.1, 0.15) is 89.5 Å². The van der Waals surface area contributed by atoms with Gasteiger partial charge in [0.25, 0.3) is 0 Å². The van der Waals surface area contributed by atoms with Gasteiger partial charge in [0.1, 0.15) is 0 Å². The quantitative estimate of drug-likeness (QED) is 0.325. The Morgan fingerprint density at radius 1 is 0.714 bits per heavy atom. The van der Waals surface area contributed by atoms with E-state index in [0.717, 1.165) is 5.69 Å². The van der Waals surface area contributed by atoms with Crippen molar-refractivity contribution >= 4 is 5.69 Å². The molecule has 1 aromatic carbocycles. The first-order valence-corrected chi connectivity index (χ1v) is 9.17. The number of aryl methyl sites for hydroxylation is 1. The van der Waals surface area contributed by atoms with Crippen LogP contribution in [-0.4, -0.2) is 0 Å². The summed E-state index contributed by atoms with van der Waals surface area (Å²) in [6, 6.07) is 8.32. The molecule has 1 heteroatoms. The number of anilines is 1. The maximum absolute atomic E-state index is 5.80. The second-order valence-electron chi connectivity index (χ2n) is 6.38. The fraction of sp³-hybridized carbons (Fsp3) is 0.700. The van der Waals surface area contributed by atoms with Crippen LogP contribution in [0.4, 0.5) is 5.69 Å². The van der Waals surface area contributed by atoms with Gasteiger partial charge in [0, 0.05) is 5.69 Å². The minimum atomic E-state index is 0.895. The zero-order chi connectivity index (χ0) is 15.2. The van der Waals surface area contributed by atoms with Crippen LogP contribution in [0, 0.1) is 0 Å². The SMILES string of the molecule is CCCCCCCCCCCCCCc1cccc(N)c1. The first kappa shape index (κ1) is 18.1. The van der Waals surface area contributed by atoms with Crippen molar-refractivity contribution in [2.45, 2.75) is 90.4 Å². The molecule has 0 aliphatic carbocycles. The van der Waals surface area contributed by atoms with E-state index in [4.69, 9.17) is 5.73 Å². The number of hydrogen-bond acceptors (Lipinski definition) is 1. The van der Waals surface area contributed by atoms with Gasteiger partial charge in [-0.15, -0.1) is 0 Å². The van der Waals surface area contributed by atoms with Crippen LogP contribution < -0.4 is 5.73 Å². The lowest BCUT2D eigenvalue weighted by Crippen LogP contribution is -1.89. The fourth-order valence-electron chi connectivity index (χ4n) is 2.92. The van der Waals surface area contributed by atoms with Crippen LogP contribution in [0.2, 0.25) is 0 Å². The van der Waals surface area contributed by atoms with Crippen molar-refractivity contribution in [1.29, 1.82) is 0 Å². The van der Waals surface area contributed by atoms with E-state index in [9.17, 15) is 0 Å². The Labute approximate surface area is 132 Å². The van der Waals surface area contributed by atoms with Gasteiger partial charge in [0.15, 0.2) is 0 Å². The molecule has 0 unspecified atom stereocenters. The first-order chi connectivity index (χ1) is 10.3. The summed E-state index contributed by atoms with van der Waals surface area (Å²) in [5, 5.41) is 0. The summed E-state index contributed by atoms with van der Waals surface area (Å²) in [6.07, 6.45) is 18.1. The van der Waals surface area contributed by atoms with Gasteiger partial charge in [0.2, 0.25) is 0 Å². The molecule has 1 aromatic rings. The summed E-state index contributed by atoms with van der Waals surface area (Å²) in [5.74, 6) is 0. The number of hydrogen-bond donors (Lipinski definition) is 1. The summed E-state index contributed by atoms with van der Waals surface area (Å²) in [6.45, 7) is 2.28. The number of unbranched alkanes of at least 4 members (excludes halogenated alkanes) is 11. The Bertz CT molecular complexity index is 345. The van der Waals surface area contributed by atoms with E-state index in [1.54, 1.807) is 0 Å². The molecule has 0 amide bonds. The molecule has 0 saturated heterocycles. The molecule has 0 heterocycles. The Morgan fingerprint density at radius 3 is 1.76 bits per heavy atom. The lowest BCUT2D eigenvalue weighted by Gasteiger charge is -2.04. The molecule has 0 spiro atoms. The summed E-state index contributed by atoms with van der Waals surface area (Å²) in [7, 11) is 0. The first-order valence-electron chi connectivity index (χ1n) is 9.17. The molecular formula is C20H35N. The van der Waals surface area contributed by atoms with Crippen LogP contribution in [0.3, 0.4) is 0 Å². The average Bonchev–Trinajstić information content (AvgIpc) is 2.48. The maximum atomic E-state index is 5.80. The van der Waals surface area contributed by atoms with Gasteiger partial charge in [-0.25, -0.2) is 0 Å². The highest BCUT2D eigenvalue weighted by Gasteiger charge is 1.96. The molecule has 0 radical (unpaired) electrons. The van der Waals surface area contributed by atoms with Crippen LogP contribution in [0.15, 0.2) is 24.3 Å². The summed E-state index contributed by atoms with van der Waals surface area (Å²) >= 11 is 0. The van der Waals surface area contributed by atoms with E-state index in [-0.39, 0.29) is 0 Å². The third-order valence-electron chi connectivity index (χ3n) is 4.27. The fourth-order valence-corrected chi connectivity index (χ4v) is 2.92. The zero-order valence-electron chi connectivity index (χ0n) is 14.1. The monoisotopic (exact) mass is 289 g/mol. The number of nitrogen functional groups attached to an aromatic ring is 1. The normalized spacial score (nSPS) is 10.9. The minimum Gasteiger partial charge on any atom is -0.399 e. The molecule has 0 bridgehead atoms. The second kappa shape index (κ2) is 12.7. The van der Waals surface area contributed by atoms with Gasteiger partial charge in [-0.05, 0) is 30.5 Å². The highest BCUT2D eigenvalue weighted by atomic mass is 14.5. The number of rotatable bonds is 13. The molecule has 2 N–H and O–H groups in total. The molecule has 0 aliphatic heterocycles. The summed E-state index contributed by atoms with van der Waals surface area (Å²) in [4.78, 5) is 0. The van der Waals surface area contributed by atoms with Crippen molar-refractivity contribution in [2.75, 3.05) is 5.73 Å². The van der Waals surface area contributed by atoms with Gasteiger partial charge in [-0.2, -0.15) is 0 Å². The van der Waals surface area contributed by atoms with Crippen molar-refractivity contribution in [3.8, 4) is 0 Å². The van der Waals surface area contributed by atoms with Gasteiger partial charge < -0.3 is 5.73 Å². The van der Waals surface area contributed by atoms with Crippen molar-refractivity contribution in [2.24, 2.45) is 0 Å². The van der Waals surface area contributed by atoms with Crippen LogP contribution in [0.5, 0.6) is 0 Å². The van der Waals surface area contributed by atoms with Gasteiger partial charge >= 0.3 is 0 Å². The molecule has 0 atom stereocenters. The van der Waals surface area contributed by atoms with Crippen LogP contribution in [0.25, 0.3) is 0 Å². The summed E-state index contributed by atoms with van der Waals surface area (Å²) < 4.78 is 0. The zero-order valence-corrected chi connectivity index (χ0v) is 14.1. The number of benzene rings is 1. The van der Waals surface area contributed by atoms with E-state index in [0.29, 0.717) is 0 Å². The molecule has 0 saturated carbocycles. The van der Waals surface area contributed by atoms with Crippen molar-refractivity contribution in [3.63, 3.8) is 0 Å². The molecule has 120 valence electrons. The second-order valence-corrected chi connectivity index (χ2v) is 6.38. The smallest absolute Gasteiger partial charge is 0.0316 e. The highest BCUT2D eigenvalue weighted by molar-refractivity contribution is 5.40. The Morgan fingerprint density at radius 2 is 1.24 bits per heavy atom. The molecule has 21 heavy (non-hydrogen) atoms. The Hall–Kier alpha value is -0.980. The van der Waals surface area contributed by atoms with Gasteiger partial charge in [-0.3, -0.25) is 0 Å². The largest absolute Gasteiger partial charge is 0.399 e. The van der Waals surface area contributed by atoms with E-state index >= 15 is 0 Å². The predicted molar refractivity (Wildman–Crippen MR) is 95.6 cm³/mol. The topological polar surface area (TPSA) is 26.0 Å². The van der Waals surface area contributed by atoms with Gasteiger partial charge in [-0.1, -0.05) is 89.7 Å². The standard InChI is InChI=1S/C20H35N/c1-2-3-4-5-6-7-8-9-10-11-12-13-15-19-16-14-17-20(21)18-19/h14,16-18H,2-13,15,21H2,1H3.